The third-order valence-corrected chi connectivity index (χ3v) is 3.76. The van der Waals surface area contributed by atoms with Crippen LogP contribution in [0.1, 0.15) is 36.0 Å². The molecule has 0 heterocycles. The van der Waals surface area contributed by atoms with Gasteiger partial charge in [0, 0.05) is 18.0 Å². The first-order valence-corrected chi connectivity index (χ1v) is 6.67. The summed E-state index contributed by atoms with van der Waals surface area (Å²) in [5, 5.41) is 0. The molecule has 0 saturated heterocycles. The summed E-state index contributed by atoms with van der Waals surface area (Å²) >= 11 is 0. The second kappa shape index (κ2) is 6.06. The van der Waals surface area contributed by atoms with E-state index in [1.807, 2.05) is 0 Å². The van der Waals surface area contributed by atoms with E-state index < -0.39 is 0 Å². The summed E-state index contributed by atoms with van der Waals surface area (Å²) in [5.74, 6) is 1.41. The molecule has 0 aromatic heterocycles. The van der Waals surface area contributed by atoms with Gasteiger partial charge in [0.05, 0.1) is 19.8 Å². The smallest absolute Gasteiger partial charge is 0.169 e. The van der Waals surface area contributed by atoms with Crippen molar-refractivity contribution in [2.45, 2.75) is 31.7 Å². The van der Waals surface area contributed by atoms with Crippen LogP contribution in [0, 0.1) is 5.92 Å². The maximum absolute atomic E-state index is 12.5. The minimum Gasteiger partial charge on any atom is -0.497 e. The first kappa shape index (κ1) is 13.9. The van der Waals surface area contributed by atoms with Gasteiger partial charge in [0.2, 0.25) is 0 Å². The van der Waals surface area contributed by atoms with E-state index in [9.17, 15) is 4.79 Å². The molecule has 1 aliphatic carbocycles. The third-order valence-electron chi connectivity index (χ3n) is 3.76. The maximum Gasteiger partial charge on any atom is 0.169 e. The van der Waals surface area contributed by atoms with Gasteiger partial charge < -0.3 is 15.2 Å². The quantitative estimate of drug-likeness (QED) is 0.847. The van der Waals surface area contributed by atoms with Crippen LogP contribution >= 0.6 is 0 Å². The molecule has 104 valence electrons. The summed E-state index contributed by atoms with van der Waals surface area (Å²) in [7, 11) is 3.16. The van der Waals surface area contributed by atoms with Crippen molar-refractivity contribution in [2.75, 3.05) is 14.2 Å². The molecular weight excluding hydrogens is 242 g/mol. The second-order valence-electron chi connectivity index (χ2n) is 5.05. The number of ketones is 1. The van der Waals surface area contributed by atoms with Gasteiger partial charge in [-0.25, -0.2) is 0 Å². The lowest BCUT2D eigenvalue weighted by molar-refractivity contribution is 0.0878. The van der Waals surface area contributed by atoms with Crippen molar-refractivity contribution in [3.8, 4) is 11.5 Å². The summed E-state index contributed by atoms with van der Waals surface area (Å²) in [5.41, 5.74) is 6.58. The van der Waals surface area contributed by atoms with Crippen molar-refractivity contribution in [3.63, 3.8) is 0 Å². The average molecular weight is 263 g/mol. The van der Waals surface area contributed by atoms with E-state index in [0.29, 0.717) is 17.1 Å². The summed E-state index contributed by atoms with van der Waals surface area (Å²) < 4.78 is 10.4. The van der Waals surface area contributed by atoms with E-state index in [1.165, 1.54) is 0 Å². The van der Waals surface area contributed by atoms with Gasteiger partial charge >= 0.3 is 0 Å². The number of methoxy groups -OCH3 is 2. The van der Waals surface area contributed by atoms with Crippen LogP contribution in [-0.2, 0) is 0 Å². The molecule has 1 aromatic rings. The largest absolute Gasteiger partial charge is 0.497 e. The fourth-order valence-electron chi connectivity index (χ4n) is 2.69. The standard InChI is InChI=1S/C15H21NO3/c1-18-12-6-7-13(14(9-12)19-2)15(17)10-4-3-5-11(16)8-10/h6-7,9-11H,3-5,8,16H2,1-2H3. The Morgan fingerprint density at radius 2 is 2.05 bits per heavy atom. The summed E-state index contributed by atoms with van der Waals surface area (Å²) in [6, 6.07) is 5.46. The van der Waals surface area contributed by atoms with Gasteiger partial charge in [0.15, 0.2) is 5.78 Å². The zero-order chi connectivity index (χ0) is 13.8. The molecule has 1 saturated carbocycles. The Kier molecular flexibility index (Phi) is 4.43. The molecule has 19 heavy (non-hydrogen) atoms. The van der Waals surface area contributed by atoms with Gasteiger partial charge in [0.25, 0.3) is 0 Å². The molecule has 0 bridgehead atoms. The summed E-state index contributed by atoms with van der Waals surface area (Å²) in [6.07, 6.45) is 3.73. The average Bonchev–Trinajstić information content (AvgIpc) is 2.45. The van der Waals surface area contributed by atoms with Crippen LogP contribution in [0.15, 0.2) is 18.2 Å². The van der Waals surface area contributed by atoms with Crippen LogP contribution < -0.4 is 15.2 Å². The fraction of sp³-hybridized carbons (Fsp3) is 0.533. The molecule has 1 aromatic carbocycles. The lowest BCUT2D eigenvalue weighted by Crippen LogP contribution is -2.31. The van der Waals surface area contributed by atoms with E-state index in [1.54, 1.807) is 32.4 Å². The Balaban J connectivity index is 2.22. The third kappa shape index (κ3) is 3.07. The summed E-state index contributed by atoms with van der Waals surface area (Å²) in [6.45, 7) is 0. The number of hydrogen-bond donors (Lipinski definition) is 1. The molecule has 4 nitrogen and oxygen atoms in total. The van der Waals surface area contributed by atoms with Crippen molar-refractivity contribution in [1.82, 2.24) is 0 Å². The molecule has 4 heteroatoms. The number of nitrogens with two attached hydrogens (primary N) is 1. The van der Waals surface area contributed by atoms with Gasteiger partial charge in [-0.05, 0) is 31.4 Å². The highest BCUT2D eigenvalue weighted by molar-refractivity contribution is 6.00. The van der Waals surface area contributed by atoms with Crippen LogP contribution in [0.5, 0.6) is 11.5 Å². The van der Waals surface area contributed by atoms with Crippen LogP contribution in [0.3, 0.4) is 0 Å². The second-order valence-corrected chi connectivity index (χ2v) is 5.05. The van der Waals surface area contributed by atoms with Crippen molar-refractivity contribution in [2.24, 2.45) is 11.7 Å². The topological polar surface area (TPSA) is 61.5 Å². The van der Waals surface area contributed by atoms with Gasteiger partial charge in [-0.2, -0.15) is 0 Å². The molecule has 0 amide bonds. The van der Waals surface area contributed by atoms with Crippen molar-refractivity contribution >= 4 is 5.78 Å². The molecule has 1 aliphatic rings. The highest BCUT2D eigenvalue weighted by Gasteiger charge is 2.28. The number of Topliss-reactive ketones (excluding diaryl/α,β-unsaturated/α-hetero) is 1. The first-order valence-electron chi connectivity index (χ1n) is 6.67. The van der Waals surface area contributed by atoms with Crippen LogP contribution in [0.2, 0.25) is 0 Å². The zero-order valence-corrected chi connectivity index (χ0v) is 11.5. The number of carbonyl (C=O) groups excluding carboxylic acids is 1. The van der Waals surface area contributed by atoms with Gasteiger partial charge in [-0.1, -0.05) is 6.42 Å². The normalized spacial score (nSPS) is 22.9. The Morgan fingerprint density at radius 3 is 2.68 bits per heavy atom. The van der Waals surface area contributed by atoms with Crippen molar-refractivity contribution in [1.29, 1.82) is 0 Å². The molecule has 2 N–H and O–H groups in total. The van der Waals surface area contributed by atoms with E-state index in [4.69, 9.17) is 15.2 Å². The highest BCUT2D eigenvalue weighted by atomic mass is 16.5. The summed E-state index contributed by atoms with van der Waals surface area (Å²) in [4.78, 5) is 12.5. The van der Waals surface area contributed by atoms with E-state index in [-0.39, 0.29) is 17.7 Å². The van der Waals surface area contributed by atoms with Gasteiger partial charge in [0.1, 0.15) is 11.5 Å². The minimum absolute atomic E-state index is 0.0195. The number of benzene rings is 1. The Morgan fingerprint density at radius 1 is 1.26 bits per heavy atom. The van der Waals surface area contributed by atoms with Crippen molar-refractivity contribution in [3.05, 3.63) is 23.8 Å². The Hall–Kier alpha value is -1.55. The van der Waals surface area contributed by atoms with E-state index >= 15 is 0 Å². The monoisotopic (exact) mass is 263 g/mol. The fourth-order valence-corrected chi connectivity index (χ4v) is 2.69. The number of hydrogen-bond acceptors (Lipinski definition) is 4. The molecule has 0 spiro atoms. The molecule has 0 radical (unpaired) electrons. The number of carbonyl (C=O) groups is 1. The van der Waals surface area contributed by atoms with Gasteiger partial charge in [-0.3, -0.25) is 4.79 Å². The lowest BCUT2D eigenvalue weighted by Gasteiger charge is -2.26. The zero-order valence-electron chi connectivity index (χ0n) is 11.5. The molecule has 2 atom stereocenters. The Labute approximate surface area is 113 Å². The minimum atomic E-state index is 0.0195. The molecule has 0 aliphatic heterocycles. The van der Waals surface area contributed by atoms with Crippen LogP contribution in [-0.4, -0.2) is 26.0 Å². The predicted molar refractivity (Wildman–Crippen MR) is 73.8 cm³/mol. The van der Waals surface area contributed by atoms with E-state index in [0.717, 1.165) is 25.7 Å². The molecule has 1 fully saturated rings. The maximum atomic E-state index is 12.5. The van der Waals surface area contributed by atoms with Gasteiger partial charge in [-0.15, -0.1) is 0 Å². The highest BCUT2D eigenvalue weighted by Crippen LogP contribution is 2.31. The van der Waals surface area contributed by atoms with E-state index in [2.05, 4.69) is 0 Å². The number of ether oxygens (including phenoxy) is 2. The molecular formula is C15H21NO3. The van der Waals surface area contributed by atoms with Crippen LogP contribution in [0.25, 0.3) is 0 Å². The lowest BCUT2D eigenvalue weighted by atomic mass is 9.81. The molecule has 2 rings (SSSR count). The predicted octanol–water partition coefficient (Wildman–Crippen LogP) is 2.40. The van der Waals surface area contributed by atoms with Crippen molar-refractivity contribution < 1.29 is 14.3 Å². The Bertz CT molecular complexity index is 459. The first-order chi connectivity index (χ1) is 9.15. The van der Waals surface area contributed by atoms with Crippen LogP contribution in [0.4, 0.5) is 0 Å². The number of rotatable bonds is 4. The SMILES string of the molecule is COc1ccc(C(=O)C2CCCC(N)C2)c(OC)c1. The molecule has 2 unspecified atom stereocenters.